The zero-order chi connectivity index (χ0) is 15.1. The van der Waals surface area contributed by atoms with Crippen LogP contribution >= 0.6 is 0 Å². The summed E-state index contributed by atoms with van der Waals surface area (Å²) in [4.78, 5) is 27.7. The number of nitrogens with zero attached hydrogens (tertiary/aromatic N) is 1. The lowest BCUT2D eigenvalue weighted by atomic mass is 9.82. The van der Waals surface area contributed by atoms with Crippen molar-refractivity contribution in [3.63, 3.8) is 0 Å². The summed E-state index contributed by atoms with van der Waals surface area (Å²) in [5, 5.41) is 5.54. The van der Waals surface area contributed by atoms with Crippen LogP contribution in [0.1, 0.15) is 42.5 Å². The highest BCUT2D eigenvalue weighted by Crippen LogP contribution is 2.25. The number of pyridine rings is 1. The minimum absolute atomic E-state index is 0.113. The van der Waals surface area contributed by atoms with Crippen molar-refractivity contribution in [1.82, 2.24) is 15.6 Å². The highest BCUT2D eigenvalue weighted by Gasteiger charge is 2.34. The molecule has 114 valence electrons. The lowest BCUT2D eigenvalue weighted by Gasteiger charge is -2.31. The van der Waals surface area contributed by atoms with Crippen LogP contribution in [0.4, 0.5) is 0 Å². The van der Waals surface area contributed by atoms with Crippen LogP contribution in [0.15, 0.2) is 24.5 Å². The monoisotopic (exact) mass is 290 g/mol. The third-order valence-corrected chi connectivity index (χ3v) is 3.82. The maximum Gasteiger partial charge on any atom is 0.252 e. The minimum atomic E-state index is -0.731. The average molecular weight is 290 g/mol. The van der Waals surface area contributed by atoms with Gasteiger partial charge in [-0.05, 0) is 25.0 Å². The Bertz CT molecular complexity index is 484. The van der Waals surface area contributed by atoms with Crippen molar-refractivity contribution in [1.29, 1.82) is 0 Å². The number of hydrogen-bond acceptors (Lipinski definition) is 4. The summed E-state index contributed by atoms with van der Waals surface area (Å²) < 4.78 is 0. The van der Waals surface area contributed by atoms with Crippen molar-refractivity contribution >= 4 is 11.8 Å². The Morgan fingerprint density at radius 3 is 2.57 bits per heavy atom. The van der Waals surface area contributed by atoms with Gasteiger partial charge in [-0.15, -0.1) is 0 Å². The van der Waals surface area contributed by atoms with Crippen molar-refractivity contribution in [2.75, 3.05) is 13.1 Å². The molecule has 4 N–H and O–H groups in total. The fraction of sp³-hybridized carbons (Fsp3) is 0.533. The molecule has 1 fully saturated rings. The highest BCUT2D eigenvalue weighted by atomic mass is 16.2. The Morgan fingerprint density at radius 2 is 1.90 bits per heavy atom. The Morgan fingerprint density at radius 1 is 1.19 bits per heavy atom. The van der Waals surface area contributed by atoms with Crippen LogP contribution in [0.3, 0.4) is 0 Å². The largest absolute Gasteiger partial charge is 0.353 e. The molecule has 1 aromatic rings. The van der Waals surface area contributed by atoms with E-state index in [2.05, 4.69) is 15.6 Å². The first-order valence-electron chi connectivity index (χ1n) is 7.37. The fourth-order valence-electron chi connectivity index (χ4n) is 2.54. The Hall–Kier alpha value is -1.95. The molecule has 1 saturated carbocycles. The van der Waals surface area contributed by atoms with E-state index in [1.54, 1.807) is 18.3 Å². The van der Waals surface area contributed by atoms with Gasteiger partial charge in [-0.3, -0.25) is 14.6 Å². The van der Waals surface area contributed by atoms with Gasteiger partial charge in [0.05, 0.1) is 11.1 Å². The van der Waals surface area contributed by atoms with Crippen molar-refractivity contribution < 1.29 is 9.59 Å². The molecule has 6 nitrogen and oxygen atoms in total. The van der Waals surface area contributed by atoms with Crippen LogP contribution in [0.2, 0.25) is 0 Å². The topological polar surface area (TPSA) is 97.1 Å². The first-order chi connectivity index (χ1) is 10.1. The summed E-state index contributed by atoms with van der Waals surface area (Å²) in [6.07, 6.45) is 7.74. The molecule has 1 heterocycles. The smallest absolute Gasteiger partial charge is 0.252 e. The molecule has 0 aromatic carbocycles. The van der Waals surface area contributed by atoms with Crippen molar-refractivity contribution in [3.05, 3.63) is 30.1 Å². The van der Waals surface area contributed by atoms with E-state index in [0.717, 1.165) is 32.1 Å². The quantitative estimate of drug-likeness (QED) is 0.691. The average Bonchev–Trinajstić information content (AvgIpc) is 2.52. The zero-order valence-electron chi connectivity index (χ0n) is 12.1. The number of carbonyl (C=O) groups excluding carboxylic acids is 2. The third-order valence-electron chi connectivity index (χ3n) is 3.82. The van der Waals surface area contributed by atoms with Crippen molar-refractivity contribution in [3.8, 4) is 0 Å². The molecule has 0 bridgehead atoms. The number of rotatable bonds is 5. The summed E-state index contributed by atoms with van der Waals surface area (Å²) in [5.74, 6) is -0.310. The SMILES string of the molecule is NC1(C(=O)NCCNC(=O)c2cccnc2)CCCCC1. The lowest BCUT2D eigenvalue weighted by Crippen LogP contribution is -2.55. The lowest BCUT2D eigenvalue weighted by molar-refractivity contribution is -0.127. The summed E-state index contributed by atoms with van der Waals surface area (Å²) >= 11 is 0. The molecule has 0 saturated heterocycles. The van der Waals surface area contributed by atoms with E-state index in [1.807, 2.05) is 0 Å². The van der Waals surface area contributed by atoms with E-state index in [1.165, 1.54) is 6.20 Å². The first kappa shape index (κ1) is 15.4. The second-order valence-electron chi connectivity index (χ2n) is 5.47. The molecule has 1 aliphatic rings. The van der Waals surface area contributed by atoms with Crippen LogP contribution in [0.25, 0.3) is 0 Å². The van der Waals surface area contributed by atoms with E-state index >= 15 is 0 Å². The molecule has 21 heavy (non-hydrogen) atoms. The molecule has 2 rings (SSSR count). The minimum Gasteiger partial charge on any atom is -0.353 e. The molecule has 2 amide bonds. The van der Waals surface area contributed by atoms with Crippen LogP contribution in [-0.2, 0) is 4.79 Å². The van der Waals surface area contributed by atoms with Gasteiger partial charge in [0.2, 0.25) is 5.91 Å². The fourth-order valence-corrected chi connectivity index (χ4v) is 2.54. The van der Waals surface area contributed by atoms with Crippen molar-refractivity contribution in [2.45, 2.75) is 37.6 Å². The van der Waals surface area contributed by atoms with Crippen LogP contribution < -0.4 is 16.4 Å². The molecule has 0 atom stereocenters. The number of carbonyl (C=O) groups is 2. The number of amides is 2. The Balaban J connectivity index is 1.70. The van der Waals surface area contributed by atoms with Gasteiger partial charge in [0.1, 0.15) is 0 Å². The number of nitrogens with two attached hydrogens (primary N) is 1. The Kier molecular flexibility index (Phi) is 5.27. The summed E-state index contributed by atoms with van der Waals surface area (Å²) in [6, 6.07) is 3.40. The van der Waals surface area contributed by atoms with E-state index in [4.69, 9.17) is 5.73 Å². The maximum absolute atomic E-state index is 12.1. The predicted octanol–water partition coefficient (Wildman–Crippen LogP) is 0.589. The molecular weight excluding hydrogens is 268 g/mol. The molecule has 0 spiro atoms. The summed E-state index contributed by atoms with van der Waals surface area (Å²) in [6.45, 7) is 0.749. The molecule has 0 radical (unpaired) electrons. The van der Waals surface area contributed by atoms with Crippen molar-refractivity contribution in [2.24, 2.45) is 5.73 Å². The zero-order valence-corrected chi connectivity index (χ0v) is 12.1. The van der Waals surface area contributed by atoms with E-state index in [0.29, 0.717) is 18.7 Å². The molecule has 0 unspecified atom stereocenters. The standard InChI is InChI=1S/C15H22N4O2/c16-15(6-2-1-3-7-15)14(21)19-10-9-18-13(20)12-5-4-8-17-11-12/h4-5,8,11H,1-3,6-7,9-10,16H2,(H,18,20)(H,19,21). The first-order valence-corrected chi connectivity index (χ1v) is 7.37. The van der Waals surface area contributed by atoms with Gasteiger partial charge in [-0.1, -0.05) is 19.3 Å². The third kappa shape index (κ3) is 4.26. The summed E-state index contributed by atoms with van der Waals surface area (Å²) in [7, 11) is 0. The van der Waals surface area contributed by atoms with Gasteiger partial charge in [0, 0.05) is 25.5 Å². The van der Waals surface area contributed by atoms with E-state index < -0.39 is 5.54 Å². The van der Waals surface area contributed by atoms with Gasteiger partial charge in [-0.2, -0.15) is 0 Å². The van der Waals surface area contributed by atoms with Gasteiger partial charge < -0.3 is 16.4 Å². The van der Waals surface area contributed by atoms with E-state index in [-0.39, 0.29) is 11.8 Å². The Labute approximate surface area is 124 Å². The van der Waals surface area contributed by atoms with Gasteiger partial charge in [0.15, 0.2) is 0 Å². The number of nitrogens with one attached hydrogen (secondary N) is 2. The van der Waals surface area contributed by atoms with Crippen LogP contribution in [0.5, 0.6) is 0 Å². The maximum atomic E-state index is 12.1. The molecule has 1 aromatic heterocycles. The normalized spacial score (nSPS) is 17.0. The second kappa shape index (κ2) is 7.17. The van der Waals surface area contributed by atoms with E-state index in [9.17, 15) is 9.59 Å². The summed E-state index contributed by atoms with van der Waals surface area (Å²) in [5.41, 5.74) is 5.90. The van der Waals surface area contributed by atoms with Gasteiger partial charge in [-0.25, -0.2) is 0 Å². The second-order valence-corrected chi connectivity index (χ2v) is 5.47. The van der Waals surface area contributed by atoms with Crippen LogP contribution in [0, 0.1) is 0 Å². The predicted molar refractivity (Wildman–Crippen MR) is 79.6 cm³/mol. The number of hydrogen-bond donors (Lipinski definition) is 3. The molecule has 6 heteroatoms. The van der Waals surface area contributed by atoms with Crippen LogP contribution in [-0.4, -0.2) is 35.4 Å². The molecular formula is C15H22N4O2. The highest BCUT2D eigenvalue weighted by molar-refractivity contribution is 5.93. The number of aromatic nitrogens is 1. The molecule has 0 aliphatic heterocycles. The van der Waals surface area contributed by atoms with Gasteiger partial charge in [0.25, 0.3) is 5.91 Å². The molecule has 1 aliphatic carbocycles. The van der Waals surface area contributed by atoms with Gasteiger partial charge >= 0.3 is 0 Å².